The maximum Gasteiger partial charge on any atom is 0.241 e. The van der Waals surface area contributed by atoms with E-state index in [9.17, 15) is 13.2 Å². The van der Waals surface area contributed by atoms with E-state index in [-0.39, 0.29) is 22.9 Å². The monoisotopic (exact) mass is 465 g/mol. The first-order valence-electron chi connectivity index (χ1n) is 10.2. The van der Waals surface area contributed by atoms with Gasteiger partial charge in [0.15, 0.2) is 0 Å². The van der Waals surface area contributed by atoms with Gasteiger partial charge in [0.1, 0.15) is 5.82 Å². The second-order valence-corrected chi connectivity index (χ2v) is 9.97. The van der Waals surface area contributed by atoms with Crippen molar-refractivity contribution in [3.05, 3.63) is 47.6 Å². The van der Waals surface area contributed by atoms with Gasteiger partial charge >= 0.3 is 0 Å². The number of nitrogens with zero attached hydrogens (tertiary/aromatic N) is 3. The normalized spacial score (nSPS) is 16.4. The lowest BCUT2D eigenvalue weighted by Crippen LogP contribution is -2.53. The highest BCUT2D eigenvalue weighted by Gasteiger charge is 2.26. The van der Waals surface area contributed by atoms with E-state index in [2.05, 4.69) is 24.8 Å². The van der Waals surface area contributed by atoms with Crippen LogP contribution >= 0.6 is 11.6 Å². The second-order valence-electron chi connectivity index (χ2n) is 7.82. The molecule has 31 heavy (non-hydrogen) atoms. The minimum atomic E-state index is -3.56. The van der Waals surface area contributed by atoms with Gasteiger partial charge in [-0.15, -0.1) is 0 Å². The summed E-state index contributed by atoms with van der Waals surface area (Å²) in [6.07, 6.45) is 1.63. The summed E-state index contributed by atoms with van der Waals surface area (Å²) in [5.74, 6) is 0.747. The van der Waals surface area contributed by atoms with Gasteiger partial charge in [-0.2, -0.15) is 0 Å². The Morgan fingerprint density at radius 2 is 1.68 bits per heavy atom. The first-order valence-corrected chi connectivity index (χ1v) is 12.1. The zero-order chi connectivity index (χ0) is 22.6. The van der Waals surface area contributed by atoms with Crippen LogP contribution in [-0.4, -0.2) is 62.5 Å². The molecule has 1 aromatic carbocycles. The molecule has 10 heteroatoms. The molecule has 3 rings (SSSR count). The number of hydrogen-bond acceptors (Lipinski definition) is 6. The van der Waals surface area contributed by atoms with Gasteiger partial charge in [0.2, 0.25) is 15.9 Å². The Hall–Kier alpha value is -2.20. The summed E-state index contributed by atoms with van der Waals surface area (Å²) in [5.41, 5.74) is 0.560. The molecule has 0 saturated carbocycles. The molecule has 1 fully saturated rings. The van der Waals surface area contributed by atoms with Crippen molar-refractivity contribution in [2.24, 2.45) is 0 Å². The lowest BCUT2D eigenvalue weighted by atomic mass is 10.2. The Morgan fingerprint density at radius 3 is 2.23 bits per heavy atom. The van der Waals surface area contributed by atoms with Crippen molar-refractivity contribution in [1.29, 1.82) is 0 Å². The number of carbonyl (C=O) groups excluding carboxylic acids is 1. The average molecular weight is 466 g/mol. The highest BCUT2D eigenvalue weighted by molar-refractivity contribution is 7.89. The standard InChI is InChI=1S/C21H28ClN5O3S/c1-15(2)25-31(29,30)19-7-5-18(6-8-19)24-21(28)16(3)26-10-12-27(13-11-26)20-9-4-17(22)14-23-20/h4-9,14-16,25H,10-13H2,1-3H3,(H,24,28). The van der Waals surface area contributed by atoms with Crippen LogP contribution in [0.2, 0.25) is 5.02 Å². The summed E-state index contributed by atoms with van der Waals surface area (Å²) in [7, 11) is -3.56. The summed E-state index contributed by atoms with van der Waals surface area (Å²) >= 11 is 5.90. The van der Waals surface area contributed by atoms with Gasteiger partial charge in [-0.1, -0.05) is 11.6 Å². The van der Waals surface area contributed by atoms with E-state index in [1.54, 1.807) is 32.2 Å². The molecule has 2 aromatic rings. The van der Waals surface area contributed by atoms with E-state index in [0.29, 0.717) is 10.7 Å². The predicted octanol–water partition coefficient (Wildman–Crippen LogP) is 2.57. The van der Waals surface area contributed by atoms with E-state index in [1.165, 1.54) is 12.1 Å². The van der Waals surface area contributed by atoms with Crippen LogP contribution in [0.4, 0.5) is 11.5 Å². The number of hydrogen-bond donors (Lipinski definition) is 2. The molecule has 1 aliphatic heterocycles. The van der Waals surface area contributed by atoms with Gasteiger partial charge < -0.3 is 10.2 Å². The quantitative estimate of drug-likeness (QED) is 0.652. The van der Waals surface area contributed by atoms with Crippen LogP contribution in [0.25, 0.3) is 0 Å². The topological polar surface area (TPSA) is 94.6 Å². The smallest absolute Gasteiger partial charge is 0.241 e. The first-order chi connectivity index (χ1) is 14.7. The van der Waals surface area contributed by atoms with Crippen molar-refractivity contribution >= 4 is 39.0 Å². The average Bonchev–Trinajstić information content (AvgIpc) is 2.73. The van der Waals surface area contributed by atoms with E-state index >= 15 is 0 Å². The molecule has 1 aliphatic rings. The Bertz CT molecular complexity index is 989. The lowest BCUT2D eigenvalue weighted by Gasteiger charge is -2.38. The molecule has 0 radical (unpaired) electrons. The third kappa shape index (κ3) is 6.16. The van der Waals surface area contributed by atoms with Crippen LogP contribution in [0.15, 0.2) is 47.5 Å². The molecule has 2 N–H and O–H groups in total. The van der Waals surface area contributed by atoms with E-state index in [1.807, 2.05) is 19.1 Å². The van der Waals surface area contributed by atoms with Crippen molar-refractivity contribution in [2.45, 2.75) is 37.8 Å². The number of halogens is 1. The highest BCUT2D eigenvalue weighted by atomic mass is 35.5. The van der Waals surface area contributed by atoms with E-state index in [4.69, 9.17) is 11.6 Å². The van der Waals surface area contributed by atoms with Gasteiger partial charge in [-0.05, 0) is 57.2 Å². The minimum Gasteiger partial charge on any atom is -0.354 e. The number of rotatable bonds is 7. The molecule has 8 nitrogen and oxygen atoms in total. The predicted molar refractivity (Wildman–Crippen MR) is 123 cm³/mol. The maximum atomic E-state index is 12.7. The van der Waals surface area contributed by atoms with Crippen molar-refractivity contribution in [3.63, 3.8) is 0 Å². The van der Waals surface area contributed by atoms with Crippen molar-refractivity contribution < 1.29 is 13.2 Å². The van der Waals surface area contributed by atoms with Gasteiger partial charge in [-0.3, -0.25) is 9.69 Å². The summed E-state index contributed by atoms with van der Waals surface area (Å²) in [6, 6.07) is 9.39. The molecular weight excluding hydrogens is 438 g/mol. The summed E-state index contributed by atoms with van der Waals surface area (Å²) in [5, 5.41) is 3.48. The van der Waals surface area contributed by atoms with E-state index in [0.717, 1.165) is 32.0 Å². The van der Waals surface area contributed by atoms with Crippen LogP contribution < -0.4 is 14.9 Å². The van der Waals surface area contributed by atoms with Crippen molar-refractivity contribution in [1.82, 2.24) is 14.6 Å². The fraction of sp³-hybridized carbons (Fsp3) is 0.429. The van der Waals surface area contributed by atoms with Gasteiger partial charge in [0, 0.05) is 44.1 Å². The summed E-state index contributed by atoms with van der Waals surface area (Å²) in [6.45, 7) is 8.40. The van der Waals surface area contributed by atoms with Crippen LogP contribution in [0.5, 0.6) is 0 Å². The van der Waals surface area contributed by atoms with Crippen LogP contribution in [0.1, 0.15) is 20.8 Å². The molecule has 1 aromatic heterocycles. The number of amides is 1. The van der Waals surface area contributed by atoms with E-state index < -0.39 is 10.0 Å². The molecule has 1 amide bonds. The fourth-order valence-corrected chi connectivity index (χ4v) is 4.76. The SMILES string of the molecule is CC(C)NS(=O)(=O)c1ccc(NC(=O)C(C)N2CCN(c3ccc(Cl)cn3)CC2)cc1. The van der Waals surface area contributed by atoms with Gasteiger partial charge in [-0.25, -0.2) is 18.1 Å². The number of benzene rings is 1. The minimum absolute atomic E-state index is 0.131. The number of carbonyl (C=O) groups is 1. The number of anilines is 2. The largest absolute Gasteiger partial charge is 0.354 e. The zero-order valence-corrected chi connectivity index (χ0v) is 19.4. The zero-order valence-electron chi connectivity index (χ0n) is 17.9. The maximum absolute atomic E-state index is 12.7. The van der Waals surface area contributed by atoms with Gasteiger partial charge in [0.25, 0.3) is 0 Å². The van der Waals surface area contributed by atoms with Gasteiger partial charge in [0.05, 0.1) is 16.0 Å². The Kier molecular flexibility index (Phi) is 7.53. The Labute approximate surface area is 188 Å². The number of nitrogens with one attached hydrogen (secondary N) is 2. The lowest BCUT2D eigenvalue weighted by molar-refractivity contribution is -0.120. The number of piperazine rings is 1. The van der Waals surface area contributed by atoms with Crippen LogP contribution in [-0.2, 0) is 14.8 Å². The van der Waals surface area contributed by atoms with Crippen LogP contribution in [0, 0.1) is 0 Å². The highest BCUT2D eigenvalue weighted by Crippen LogP contribution is 2.18. The third-order valence-electron chi connectivity index (χ3n) is 5.10. The van der Waals surface area contributed by atoms with Crippen molar-refractivity contribution in [3.8, 4) is 0 Å². The molecule has 168 valence electrons. The van der Waals surface area contributed by atoms with Crippen molar-refractivity contribution in [2.75, 3.05) is 36.4 Å². The molecular formula is C21H28ClN5O3S. The number of sulfonamides is 1. The fourth-order valence-electron chi connectivity index (χ4n) is 3.40. The molecule has 2 heterocycles. The summed E-state index contributed by atoms with van der Waals surface area (Å²) < 4.78 is 27.0. The molecule has 0 spiro atoms. The molecule has 1 saturated heterocycles. The Balaban J connectivity index is 1.54. The molecule has 1 atom stereocenters. The number of aromatic nitrogens is 1. The first kappa shape index (κ1) is 23.5. The molecule has 0 bridgehead atoms. The molecule has 0 aliphatic carbocycles. The second kappa shape index (κ2) is 9.95. The van der Waals surface area contributed by atoms with Crippen LogP contribution in [0.3, 0.4) is 0 Å². The molecule has 1 unspecified atom stereocenters. The number of pyridine rings is 1. The Morgan fingerprint density at radius 1 is 1.03 bits per heavy atom. The summed E-state index contributed by atoms with van der Waals surface area (Å²) in [4.78, 5) is 21.5. The third-order valence-corrected chi connectivity index (χ3v) is 7.00.